The minimum atomic E-state index is -0.715. The maximum atomic E-state index is 16.1. The molecule has 0 radical (unpaired) electrons. The summed E-state index contributed by atoms with van der Waals surface area (Å²) >= 11 is 5.67. The van der Waals surface area contributed by atoms with Gasteiger partial charge in [-0.25, -0.2) is 4.39 Å². The van der Waals surface area contributed by atoms with E-state index in [1.807, 2.05) is 37.3 Å². The molecule has 5 N–H and O–H groups in total. The number of imide groups is 1. The number of amides is 2. The van der Waals surface area contributed by atoms with Crippen LogP contribution in [0.1, 0.15) is 54.4 Å². The van der Waals surface area contributed by atoms with Gasteiger partial charge in [0.25, 0.3) is 0 Å². The number of likely N-dealkylation sites (tertiary alicyclic amines) is 1. The first-order valence-electron chi connectivity index (χ1n) is 13.6. The monoisotopic (exact) mass is 575 g/mol. The van der Waals surface area contributed by atoms with Crippen LogP contribution in [0.15, 0.2) is 66.0 Å². The van der Waals surface area contributed by atoms with Gasteiger partial charge in [-0.05, 0) is 60.7 Å². The standard InChI is InChI=1S/C31H31ClFN5O3/c1-30-17-38(16-18-2-4-19(5-3-18)24(34)8-10-26(32)35)13-12-31(30,41-30)23-7-9-25-22(28(23)33)14-20(15-36-25)21-6-11-27(39)37-29(21)40/h2-5,7-10,14-15,21H,6,11-13,16-17,34-35H2,1H3,(H,37,39,40)/b24-8-,26-10-. The Morgan fingerprint density at radius 3 is 2.71 bits per heavy atom. The molecule has 0 spiro atoms. The van der Waals surface area contributed by atoms with Gasteiger partial charge in [-0.15, -0.1) is 0 Å². The van der Waals surface area contributed by atoms with Gasteiger partial charge < -0.3 is 16.2 Å². The summed E-state index contributed by atoms with van der Waals surface area (Å²) in [6, 6.07) is 13.3. The van der Waals surface area contributed by atoms with E-state index in [4.69, 9.17) is 27.8 Å². The smallest absolute Gasteiger partial charge is 0.234 e. The molecular weight excluding hydrogens is 545 g/mol. The molecule has 3 aliphatic heterocycles. The van der Waals surface area contributed by atoms with Gasteiger partial charge >= 0.3 is 0 Å². The van der Waals surface area contributed by atoms with Gasteiger partial charge in [0.15, 0.2) is 0 Å². The Morgan fingerprint density at radius 1 is 1.22 bits per heavy atom. The van der Waals surface area contributed by atoms with Crippen LogP contribution < -0.4 is 16.8 Å². The molecule has 6 rings (SSSR count). The first-order chi connectivity index (χ1) is 19.6. The van der Waals surface area contributed by atoms with E-state index in [1.54, 1.807) is 30.5 Å². The molecule has 1 aromatic heterocycles. The number of piperidine rings is 2. The molecular formula is C31H31ClFN5O3. The lowest BCUT2D eigenvalue weighted by Gasteiger charge is -2.33. The van der Waals surface area contributed by atoms with Crippen molar-refractivity contribution in [2.75, 3.05) is 13.1 Å². The highest BCUT2D eigenvalue weighted by Gasteiger charge is 2.70. The molecule has 3 unspecified atom stereocenters. The van der Waals surface area contributed by atoms with Crippen LogP contribution >= 0.6 is 11.6 Å². The van der Waals surface area contributed by atoms with Crippen molar-refractivity contribution >= 4 is 40.0 Å². The average Bonchev–Trinajstić information content (AvgIpc) is 3.58. The second-order valence-electron chi connectivity index (χ2n) is 11.3. The van der Waals surface area contributed by atoms with Crippen molar-refractivity contribution in [3.63, 3.8) is 0 Å². The summed E-state index contributed by atoms with van der Waals surface area (Å²) in [5, 5.41) is 2.89. The normalized spacial score (nSPS) is 27.0. The summed E-state index contributed by atoms with van der Waals surface area (Å²) in [6.07, 6.45) is 6.09. The molecule has 3 aliphatic rings. The van der Waals surface area contributed by atoms with Crippen molar-refractivity contribution in [2.24, 2.45) is 11.5 Å². The molecule has 3 atom stereocenters. The molecule has 0 aliphatic carbocycles. The zero-order valence-electron chi connectivity index (χ0n) is 22.6. The number of pyridine rings is 1. The van der Waals surface area contributed by atoms with Crippen LogP contribution in [0.3, 0.4) is 0 Å². The van der Waals surface area contributed by atoms with Crippen LogP contribution in [0, 0.1) is 5.82 Å². The number of rotatable bonds is 6. The van der Waals surface area contributed by atoms with E-state index in [-0.39, 0.29) is 29.2 Å². The first-order valence-corrected chi connectivity index (χ1v) is 14.0. The Bertz CT molecular complexity index is 1620. The van der Waals surface area contributed by atoms with Crippen molar-refractivity contribution < 1.29 is 18.7 Å². The molecule has 0 bridgehead atoms. The Kier molecular flexibility index (Phi) is 6.84. The minimum Gasteiger partial charge on any atom is -0.398 e. The zero-order chi connectivity index (χ0) is 28.9. The molecule has 3 saturated heterocycles. The van der Waals surface area contributed by atoms with E-state index < -0.39 is 17.1 Å². The Hall–Kier alpha value is -3.79. The predicted octanol–water partition coefficient (Wildman–Crippen LogP) is 4.12. The van der Waals surface area contributed by atoms with Crippen LogP contribution in [0.4, 0.5) is 4.39 Å². The quantitative estimate of drug-likeness (QED) is 0.175. The largest absolute Gasteiger partial charge is 0.398 e. The minimum absolute atomic E-state index is 0.166. The van der Waals surface area contributed by atoms with Gasteiger partial charge in [-0.2, -0.15) is 0 Å². The summed E-state index contributed by atoms with van der Waals surface area (Å²) < 4.78 is 22.5. The second kappa shape index (κ2) is 10.2. The Balaban J connectivity index is 1.19. The van der Waals surface area contributed by atoms with Crippen LogP contribution in [0.25, 0.3) is 16.6 Å². The summed E-state index contributed by atoms with van der Waals surface area (Å²) in [5.41, 5.74) is 14.5. The molecule has 212 valence electrons. The van der Waals surface area contributed by atoms with E-state index in [0.29, 0.717) is 47.1 Å². The molecule has 2 aromatic carbocycles. The van der Waals surface area contributed by atoms with Gasteiger partial charge in [0.1, 0.15) is 17.0 Å². The number of aromatic nitrogens is 1. The van der Waals surface area contributed by atoms with Crippen LogP contribution in [0.5, 0.6) is 0 Å². The average molecular weight is 576 g/mol. The third kappa shape index (κ3) is 4.98. The van der Waals surface area contributed by atoms with E-state index in [0.717, 1.165) is 24.2 Å². The maximum absolute atomic E-state index is 16.1. The Morgan fingerprint density at radius 2 is 2.00 bits per heavy atom. The third-order valence-electron chi connectivity index (χ3n) is 8.53. The van der Waals surface area contributed by atoms with Crippen LogP contribution in [-0.4, -0.2) is 40.4 Å². The number of carbonyl (C=O) groups excluding carboxylic acids is 2. The Labute approximate surface area is 242 Å². The van der Waals surface area contributed by atoms with Crippen molar-refractivity contribution in [2.45, 2.75) is 49.9 Å². The summed E-state index contributed by atoms with van der Waals surface area (Å²) in [7, 11) is 0. The number of hydrogen-bond acceptors (Lipinski definition) is 7. The lowest BCUT2D eigenvalue weighted by Crippen LogP contribution is -2.44. The van der Waals surface area contributed by atoms with Crippen LogP contribution in [-0.2, 0) is 26.5 Å². The van der Waals surface area contributed by atoms with Crippen molar-refractivity contribution in [1.29, 1.82) is 0 Å². The number of nitrogens with two attached hydrogens (primary N) is 2. The lowest BCUT2D eigenvalue weighted by atomic mass is 9.80. The fraction of sp³-hybridized carbons (Fsp3) is 0.323. The van der Waals surface area contributed by atoms with Crippen molar-refractivity contribution in [3.05, 3.63) is 94.0 Å². The lowest BCUT2D eigenvalue weighted by molar-refractivity contribution is -0.134. The number of fused-ring (bicyclic) bond motifs is 2. The number of nitrogens with one attached hydrogen (secondary N) is 1. The fourth-order valence-corrected chi connectivity index (χ4v) is 6.35. The van der Waals surface area contributed by atoms with E-state index >= 15 is 4.39 Å². The molecule has 8 nitrogen and oxygen atoms in total. The molecule has 2 amide bonds. The van der Waals surface area contributed by atoms with Gasteiger partial charge in [0, 0.05) is 48.9 Å². The van der Waals surface area contributed by atoms with E-state index in [1.165, 1.54) is 0 Å². The SMILES string of the molecule is CC12CN(Cc3ccc(/C(N)=C/C=C(\N)Cl)cc3)CCC1(c1ccc3ncc(C4CCC(=O)NC4=O)cc3c1F)O2. The topological polar surface area (TPSA) is 127 Å². The van der Waals surface area contributed by atoms with Gasteiger partial charge in [-0.1, -0.05) is 41.9 Å². The molecule has 3 fully saturated rings. The number of nitrogens with zero attached hydrogens (tertiary/aromatic N) is 2. The number of halogens is 2. The van der Waals surface area contributed by atoms with Crippen LogP contribution in [0.2, 0.25) is 0 Å². The summed E-state index contributed by atoms with van der Waals surface area (Å²) in [4.78, 5) is 30.7. The highest BCUT2D eigenvalue weighted by molar-refractivity contribution is 6.29. The predicted molar refractivity (Wildman–Crippen MR) is 155 cm³/mol. The number of ether oxygens (including phenoxy) is 1. The second-order valence-corrected chi connectivity index (χ2v) is 11.7. The summed E-state index contributed by atoms with van der Waals surface area (Å²) in [5.74, 6) is -1.55. The van der Waals surface area contributed by atoms with Gasteiger partial charge in [0.2, 0.25) is 11.8 Å². The number of carbonyl (C=O) groups is 2. The molecule has 3 aromatic rings. The molecule has 10 heteroatoms. The maximum Gasteiger partial charge on any atom is 0.234 e. The van der Waals surface area contributed by atoms with Gasteiger partial charge in [-0.3, -0.25) is 24.8 Å². The third-order valence-corrected chi connectivity index (χ3v) is 8.66. The molecule has 0 saturated carbocycles. The van der Waals surface area contributed by atoms with Crippen molar-refractivity contribution in [3.8, 4) is 0 Å². The first kappa shape index (κ1) is 27.4. The molecule has 41 heavy (non-hydrogen) atoms. The van der Waals surface area contributed by atoms with E-state index in [9.17, 15) is 9.59 Å². The highest BCUT2D eigenvalue weighted by atomic mass is 35.5. The van der Waals surface area contributed by atoms with Gasteiger partial charge in [0.05, 0.1) is 16.6 Å². The highest BCUT2D eigenvalue weighted by Crippen LogP contribution is 2.61. The molecule has 4 heterocycles. The van der Waals surface area contributed by atoms with E-state index in [2.05, 4.69) is 15.2 Å². The number of allylic oxidation sites excluding steroid dienone is 2. The fourth-order valence-electron chi connectivity index (χ4n) is 6.29. The number of epoxide rings is 1. The van der Waals surface area contributed by atoms with Crippen molar-refractivity contribution in [1.82, 2.24) is 15.2 Å². The number of hydrogen-bond donors (Lipinski definition) is 3. The zero-order valence-corrected chi connectivity index (χ0v) is 23.4. The number of benzene rings is 2. The summed E-state index contributed by atoms with van der Waals surface area (Å²) in [6.45, 7) is 4.16.